The zero-order valence-electron chi connectivity index (χ0n) is 10.4. The van der Waals surface area contributed by atoms with Gasteiger partial charge in [0.05, 0.1) is 17.6 Å². The van der Waals surface area contributed by atoms with Crippen LogP contribution in [0, 0.1) is 6.92 Å². The molecule has 3 aromatic rings. The van der Waals surface area contributed by atoms with Crippen molar-refractivity contribution in [3.8, 4) is 0 Å². The lowest BCUT2D eigenvalue weighted by Gasteiger charge is -2.00. The minimum absolute atomic E-state index is 0.568. The maximum absolute atomic E-state index is 4.37. The summed E-state index contributed by atoms with van der Waals surface area (Å²) in [5.74, 6) is 0.728. The number of benzene rings is 1. The molecule has 7 heteroatoms. The highest BCUT2D eigenvalue weighted by molar-refractivity contribution is 7.05. The fourth-order valence-corrected chi connectivity index (χ4v) is 2.26. The van der Waals surface area contributed by atoms with Gasteiger partial charge in [0, 0.05) is 6.42 Å². The van der Waals surface area contributed by atoms with E-state index in [2.05, 4.69) is 44.1 Å². The molecule has 0 N–H and O–H groups in total. The molecular weight excluding hydrogens is 260 g/mol. The zero-order valence-corrected chi connectivity index (χ0v) is 11.2. The van der Waals surface area contributed by atoms with E-state index in [1.165, 1.54) is 22.7 Å². The van der Waals surface area contributed by atoms with Crippen molar-refractivity contribution in [3.05, 3.63) is 52.3 Å². The van der Waals surface area contributed by atoms with Crippen LogP contribution in [0.15, 0.2) is 30.5 Å². The molecule has 2 heterocycles. The molecule has 0 saturated carbocycles. The average Bonchev–Trinajstić information content (AvgIpc) is 3.05. The summed E-state index contributed by atoms with van der Waals surface area (Å²) in [5, 5.41) is 16.3. The number of aryl methyl sites for hydroxylation is 1. The molecule has 1 aromatic carbocycles. The standard InChI is InChI=1S/C12H12N6S/c1-9-4-2-3-5-10(9)6-12-14-16-18(15-12)8-11-7-13-17-19-11/h2-5,7H,6,8H2,1H3. The lowest BCUT2D eigenvalue weighted by molar-refractivity contribution is 0.575. The summed E-state index contributed by atoms with van der Waals surface area (Å²) in [6.07, 6.45) is 2.42. The van der Waals surface area contributed by atoms with Crippen molar-refractivity contribution in [1.29, 1.82) is 0 Å². The van der Waals surface area contributed by atoms with E-state index in [-0.39, 0.29) is 0 Å². The topological polar surface area (TPSA) is 69.4 Å². The van der Waals surface area contributed by atoms with Crippen molar-refractivity contribution >= 4 is 11.5 Å². The summed E-state index contributed by atoms with van der Waals surface area (Å²) in [5.41, 5.74) is 2.46. The van der Waals surface area contributed by atoms with E-state index in [1.54, 1.807) is 11.0 Å². The van der Waals surface area contributed by atoms with Crippen LogP contribution in [0.2, 0.25) is 0 Å². The summed E-state index contributed by atoms with van der Waals surface area (Å²) in [6, 6.07) is 8.22. The Hall–Kier alpha value is -2.15. The molecule has 0 fully saturated rings. The summed E-state index contributed by atoms with van der Waals surface area (Å²) >= 11 is 1.34. The number of tetrazole rings is 1. The first kappa shape index (κ1) is 11.9. The lowest BCUT2D eigenvalue weighted by atomic mass is 10.1. The zero-order chi connectivity index (χ0) is 13.1. The van der Waals surface area contributed by atoms with E-state index in [1.807, 2.05) is 12.1 Å². The maximum atomic E-state index is 4.37. The number of aromatic nitrogens is 6. The third-order valence-corrected chi connectivity index (χ3v) is 3.45. The Balaban J connectivity index is 1.73. The summed E-state index contributed by atoms with van der Waals surface area (Å²) in [6.45, 7) is 2.65. The van der Waals surface area contributed by atoms with Gasteiger partial charge in [0.25, 0.3) is 0 Å². The van der Waals surface area contributed by atoms with Crippen LogP contribution in [0.3, 0.4) is 0 Å². The van der Waals surface area contributed by atoms with Gasteiger partial charge in [-0.3, -0.25) is 0 Å². The van der Waals surface area contributed by atoms with Crippen LogP contribution in [-0.2, 0) is 13.0 Å². The van der Waals surface area contributed by atoms with Crippen LogP contribution in [0.4, 0.5) is 0 Å². The molecule has 0 bridgehead atoms. The van der Waals surface area contributed by atoms with Crippen molar-refractivity contribution in [3.63, 3.8) is 0 Å². The summed E-state index contributed by atoms with van der Waals surface area (Å²) in [7, 11) is 0. The molecule has 0 saturated heterocycles. The van der Waals surface area contributed by atoms with E-state index in [9.17, 15) is 0 Å². The van der Waals surface area contributed by atoms with Crippen LogP contribution in [0.5, 0.6) is 0 Å². The van der Waals surface area contributed by atoms with Gasteiger partial charge < -0.3 is 0 Å². The maximum Gasteiger partial charge on any atom is 0.179 e. The second-order valence-corrected chi connectivity index (χ2v) is 5.09. The fraction of sp³-hybridized carbons (Fsp3) is 0.250. The van der Waals surface area contributed by atoms with Gasteiger partial charge in [0.1, 0.15) is 0 Å². The highest BCUT2D eigenvalue weighted by atomic mass is 32.1. The van der Waals surface area contributed by atoms with Crippen LogP contribution in [-0.4, -0.2) is 29.8 Å². The molecule has 0 amide bonds. The van der Waals surface area contributed by atoms with E-state index in [0.717, 1.165) is 10.7 Å². The van der Waals surface area contributed by atoms with Gasteiger partial charge in [-0.2, -0.15) is 4.80 Å². The van der Waals surface area contributed by atoms with E-state index < -0.39 is 0 Å². The van der Waals surface area contributed by atoms with Gasteiger partial charge in [-0.15, -0.1) is 15.3 Å². The highest BCUT2D eigenvalue weighted by Gasteiger charge is 2.07. The highest BCUT2D eigenvalue weighted by Crippen LogP contribution is 2.10. The number of nitrogens with zero attached hydrogens (tertiary/aromatic N) is 6. The quantitative estimate of drug-likeness (QED) is 0.719. The molecule has 0 spiro atoms. The number of rotatable bonds is 4. The Morgan fingerprint density at radius 1 is 1.26 bits per heavy atom. The summed E-state index contributed by atoms with van der Waals surface area (Å²) < 4.78 is 3.81. The Morgan fingerprint density at radius 2 is 2.16 bits per heavy atom. The average molecular weight is 272 g/mol. The van der Waals surface area contributed by atoms with E-state index in [4.69, 9.17) is 0 Å². The van der Waals surface area contributed by atoms with Gasteiger partial charge in [-0.25, -0.2) is 0 Å². The van der Waals surface area contributed by atoms with Crippen LogP contribution < -0.4 is 0 Å². The number of hydrogen-bond donors (Lipinski definition) is 0. The largest absolute Gasteiger partial charge is 0.179 e. The molecule has 6 nitrogen and oxygen atoms in total. The van der Waals surface area contributed by atoms with Crippen molar-refractivity contribution in [1.82, 2.24) is 29.8 Å². The summed E-state index contributed by atoms with van der Waals surface area (Å²) in [4.78, 5) is 2.59. The van der Waals surface area contributed by atoms with Crippen molar-refractivity contribution in [2.75, 3.05) is 0 Å². The van der Waals surface area contributed by atoms with Crippen molar-refractivity contribution < 1.29 is 0 Å². The molecule has 0 radical (unpaired) electrons. The SMILES string of the molecule is Cc1ccccc1Cc1nnn(Cc2cnns2)n1. The van der Waals surface area contributed by atoms with E-state index in [0.29, 0.717) is 13.0 Å². The molecule has 0 atom stereocenters. The molecular formula is C12H12N6S. The smallest absolute Gasteiger partial charge is 0.159 e. The van der Waals surface area contributed by atoms with Crippen LogP contribution in [0.1, 0.15) is 21.8 Å². The first-order valence-electron chi connectivity index (χ1n) is 5.89. The number of hydrogen-bond acceptors (Lipinski definition) is 6. The second-order valence-electron chi connectivity index (χ2n) is 4.22. The molecule has 96 valence electrons. The lowest BCUT2D eigenvalue weighted by Crippen LogP contribution is -2.03. The van der Waals surface area contributed by atoms with Crippen molar-refractivity contribution in [2.45, 2.75) is 19.9 Å². The van der Waals surface area contributed by atoms with Gasteiger partial charge in [-0.05, 0) is 34.8 Å². The predicted octanol–water partition coefficient (Wildman–Crippen LogP) is 1.47. The Bertz CT molecular complexity index is 660. The van der Waals surface area contributed by atoms with Crippen LogP contribution in [0.25, 0.3) is 0 Å². The molecule has 3 rings (SSSR count). The Morgan fingerprint density at radius 3 is 2.95 bits per heavy atom. The van der Waals surface area contributed by atoms with E-state index >= 15 is 0 Å². The Labute approximate surface area is 114 Å². The first-order valence-corrected chi connectivity index (χ1v) is 6.66. The third-order valence-electron chi connectivity index (χ3n) is 2.81. The molecule has 19 heavy (non-hydrogen) atoms. The Kier molecular flexibility index (Phi) is 3.28. The predicted molar refractivity (Wildman–Crippen MR) is 70.8 cm³/mol. The fourth-order valence-electron chi connectivity index (χ4n) is 1.79. The van der Waals surface area contributed by atoms with Gasteiger partial charge in [0.15, 0.2) is 5.82 Å². The minimum atomic E-state index is 0.568. The molecule has 0 unspecified atom stereocenters. The minimum Gasteiger partial charge on any atom is -0.159 e. The third kappa shape index (κ3) is 2.82. The monoisotopic (exact) mass is 272 g/mol. The molecule has 0 aliphatic heterocycles. The normalized spacial score (nSPS) is 10.8. The molecule has 2 aromatic heterocycles. The van der Waals surface area contributed by atoms with Gasteiger partial charge in [0.2, 0.25) is 0 Å². The van der Waals surface area contributed by atoms with Crippen LogP contribution >= 0.6 is 11.5 Å². The second kappa shape index (κ2) is 5.23. The molecule has 0 aliphatic carbocycles. The van der Waals surface area contributed by atoms with Crippen molar-refractivity contribution in [2.24, 2.45) is 0 Å². The first-order chi connectivity index (χ1) is 9.31. The van der Waals surface area contributed by atoms with Gasteiger partial charge in [-0.1, -0.05) is 28.8 Å². The van der Waals surface area contributed by atoms with Gasteiger partial charge >= 0.3 is 0 Å². The molecule has 0 aliphatic rings.